The predicted octanol–water partition coefficient (Wildman–Crippen LogP) is 3.90. The van der Waals surface area contributed by atoms with Crippen molar-refractivity contribution in [3.8, 4) is 5.75 Å². The quantitative estimate of drug-likeness (QED) is 0.721. The molecule has 1 aliphatic heterocycles. The van der Waals surface area contributed by atoms with Crippen molar-refractivity contribution in [3.05, 3.63) is 65.6 Å². The van der Waals surface area contributed by atoms with E-state index in [1.165, 1.54) is 34.3 Å². The first-order valence-corrected chi connectivity index (χ1v) is 8.51. The zero-order chi connectivity index (χ0) is 16.4. The lowest BCUT2D eigenvalue weighted by molar-refractivity contribution is 0.300. The van der Waals surface area contributed by atoms with Gasteiger partial charge in [0, 0.05) is 35.8 Å². The van der Waals surface area contributed by atoms with Crippen LogP contribution in [0, 0.1) is 5.82 Å². The smallest absolute Gasteiger partial charge is 0.126 e. The maximum atomic E-state index is 13.2. The number of nitrogens with one attached hydrogen (secondary N) is 1. The van der Waals surface area contributed by atoms with Crippen LogP contribution in [0.2, 0.25) is 0 Å². The van der Waals surface area contributed by atoms with E-state index in [0.29, 0.717) is 12.4 Å². The number of halogens is 1. The van der Waals surface area contributed by atoms with Gasteiger partial charge in [-0.1, -0.05) is 24.3 Å². The van der Waals surface area contributed by atoms with Crippen molar-refractivity contribution in [2.75, 3.05) is 13.2 Å². The van der Waals surface area contributed by atoms with Crippen LogP contribution >= 0.6 is 0 Å². The van der Waals surface area contributed by atoms with E-state index in [-0.39, 0.29) is 5.82 Å². The molecule has 0 saturated heterocycles. The minimum atomic E-state index is -0.260. The van der Waals surface area contributed by atoms with Crippen LogP contribution in [-0.2, 0) is 19.5 Å². The molecule has 1 aromatic heterocycles. The summed E-state index contributed by atoms with van der Waals surface area (Å²) in [7, 11) is 0. The summed E-state index contributed by atoms with van der Waals surface area (Å²) in [6.45, 7) is 3.46. The van der Waals surface area contributed by atoms with Gasteiger partial charge in [-0.05, 0) is 43.1 Å². The monoisotopic (exact) mass is 324 g/mol. The second kappa shape index (κ2) is 6.65. The van der Waals surface area contributed by atoms with Gasteiger partial charge in [-0.15, -0.1) is 0 Å². The molecule has 0 radical (unpaired) electrons. The Morgan fingerprint density at radius 3 is 2.96 bits per heavy atom. The molecule has 0 bridgehead atoms. The van der Waals surface area contributed by atoms with Crippen LogP contribution in [0.15, 0.2) is 48.5 Å². The predicted molar refractivity (Wildman–Crippen MR) is 93.9 cm³/mol. The Morgan fingerprint density at radius 2 is 2.04 bits per heavy atom. The molecular formula is C20H21FN2O. The summed E-state index contributed by atoms with van der Waals surface area (Å²) in [4.78, 5) is 0. The molecule has 0 atom stereocenters. The van der Waals surface area contributed by atoms with Crippen LogP contribution in [0.3, 0.4) is 0 Å². The molecule has 0 saturated carbocycles. The Balaban J connectivity index is 1.48. The van der Waals surface area contributed by atoms with Crippen molar-refractivity contribution in [1.29, 1.82) is 0 Å². The lowest BCUT2D eigenvalue weighted by atomic mass is 10.1. The summed E-state index contributed by atoms with van der Waals surface area (Å²) in [5.74, 6) is 0.333. The zero-order valence-electron chi connectivity index (χ0n) is 13.6. The Hall–Kier alpha value is -2.33. The van der Waals surface area contributed by atoms with E-state index in [9.17, 15) is 4.39 Å². The van der Waals surface area contributed by atoms with E-state index in [2.05, 4.69) is 34.1 Å². The number of aromatic nitrogens is 1. The average Bonchev–Trinajstić information content (AvgIpc) is 2.93. The van der Waals surface area contributed by atoms with Gasteiger partial charge in [0.15, 0.2) is 0 Å². The van der Waals surface area contributed by atoms with Gasteiger partial charge in [-0.3, -0.25) is 0 Å². The van der Waals surface area contributed by atoms with E-state index in [4.69, 9.17) is 4.74 Å². The number of nitrogens with zero attached hydrogens (tertiary/aromatic N) is 1. The van der Waals surface area contributed by atoms with E-state index in [0.717, 1.165) is 32.5 Å². The van der Waals surface area contributed by atoms with Gasteiger partial charge in [-0.25, -0.2) is 4.39 Å². The molecule has 2 aromatic carbocycles. The summed E-state index contributed by atoms with van der Waals surface area (Å²) < 4.78 is 21.3. The molecule has 2 heterocycles. The van der Waals surface area contributed by atoms with Crippen molar-refractivity contribution in [1.82, 2.24) is 9.88 Å². The molecule has 3 nitrogen and oxygen atoms in total. The third kappa shape index (κ3) is 2.89. The van der Waals surface area contributed by atoms with E-state index < -0.39 is 0 Å². The highest BCUT2D eigenvalue weighted by molar-refractivity contribution is 5.85. The molecule has 24 heavy (non-hydrogen) atoms. The van der Waals surface area contributed by atoms with Gasteiger partial charge in [-0.2, -0.15) is 0 Å². The normalized spacial score (nSPS) is 13.9. The molecule has 124 valence electrons. The maximum Gasteiger partial charge on any atom is 0.126 e. The number of hydrogen-bond donors (Lipinski definition) is 1. The van der Waals surface area contributed by atoms with Crippen molar-refractivity contribution < 1.29 is 9.13 Å². The number of ether oxygens (including phenoxy) is 1. The minimum absolute atomic E-state index is 0.260. The minimum Gasteiger partial charge on any atom is -0.493 e. The number of benzene rings is 2. The van der Waals surface area contributed by atoms with Gasteiger partial charge in [0.1, 0.15) is 11.6 Å². The van der Waals surface area contributed by atoms with Crippen molar-refractivity contribution >= 4 is 10.9 Å². The largest absolute Gasteiger partial charge is 0.493 e. The fourth-order valence-electron chi connectivity index (χ4n) is 3.55. The van der Waals surface area contributed by atoms with Crippen molar-refractivity contribution in [3.63, 3.8) is 0 Å². The Labute approximate surface area is 141 Å². The molecule has 0 aliphatic carbocycles. The highest BCUT2D eigenvalue weighted by atomic mass is 19.1. The van der Waals surface area contributed by atoms with Crippen LogP contribution in [0.1, 0.15) is 17.7 Å². The highest BCUT2D eigenvalue weighted by Crippen LogP contribution is 2.28. The van der Waals surface area contributed by atoms with Gasteiger partial charge in [0.2, 0.25) is 0 Å². The summed E-state index contributed by atoms with van der Waals surface area (Å²) in [6.07, 6.45) is 1.98. The number of para-hydroxylation sites is 1. The first-order chi connectivity index (χ1) is 11.8. The molecule has 3 aromatic rings. The zero-order valence-corrected chi connectivity index (χ0v) is 13.6. The molecule has 4 heteroatoms. The summed E-state index contributed by atoms with van der Waals surface area (Å²) in [5, 5.41) is 4.85. The number of rotatable bonds is 5. The molecule has 0 amide bonds. The van der Waals surface area contributed by atoms with Crippen LogP contribution in [0.4, 0.5) is 4.39 Å². The SMILES string of the molecule is Fc1cccc(OCCCn2c3c(c4ccccc42)CCNC3)c1. The molecule has 0 fully saturated rings. The van der Waals surface area contributed by atoms with E-state index in [1.54, 1.807) is 12.1 Å². The topological polar surface area (TPSA) is 26.2 Å². The summed E-state index contributed by atoms with van der Waals surface area (Å²) >= 11 is 0. The van der Waals surface area contributed by atoms with Gasteiger partial charge >= 0.3 is 0 Å². The fraction of sp³-hybridized carbons (Fsp3) is 0.300. The Morgan fingerprint density at radius 1 is 1.12 bits per heavy atom. The lowest BCUT2D eigenvalue weighted by Crippen LogP contribution is -2.25. The van der Waals surface area contributed by atoms with Gasteiger partial charge in [0.25, 0.3) is 0 Å². The van der Waals surface area contributed by atoms with Crippen LogP contribution in [0.25, 0.3) is 10.9 Å². The van der Waals surface area contributed by atoms with Crippen molar-refractivity contribution in [2.45, 2.75) is 25.9 Å². The van der Waals surface area contributed by atoms with Gasteiger partial charge in [0.05, 0.1) is 6.61 Å². The molecule has 0 spiro atoms. The third-order valence-electron chi connectivity index (χ3n) is 4.63. The van der Waals surface area contributed by atoms with Gasteiger partial charge < -0.3 is 14.6 Å². The lowest BCUT2D eigenvalue weighted by Gasteiger charge is -2.17. The molecule has 0 unspecified atom stereocenters. The highest BCUT2D eigenvalue weighted by Gasteiger charge is 2.18. The average molecular weight is 324 g/mol. The molecular weight excluding hydrogens is 303 g/mol. The van der Waals surface area contributed by atoms with Crippen LogP contribution in [0.5, 0.6) is 5.75 Å². The first-order valence-electron chi connectivity index (χ1n) is 8.51. The summed E-state index contributed by atoms with van der Waals surface area (Å²) in [5.41, 5.74) is 4.18. The standard InChI is InChI=1S/C20H21FN2O/c21-15-5-3-6-16(13-15)24-12-4-11-23-19-8-2-1-7-17(19)18-9-10-22-14-20(18)23/h1-3,5-8,13,22H,4,9-12,14H2. The number of hydrogen-bond acceptors (Lipinski definition) is 2. The van der Waals surface area contributed by atoms with E-state index in [1.807, 2.05) is 0 Å². The van der Waals surface area contributed by atoms with E-state index >= 15 is 0 Å². The molecule has 4 rings (SSSR count). The Kier molecular flexibility index (Phi) is 4.22. The fourth-order valence-corrected chi connectivity index (χ4v) is 3.55. The maximum absolute atomic E-state index is 13.2. The second-order valence-electron chi connectivity index (χ2n) is 6.18. The summed E-state index contributed by atoms with van der Waals surface area (Å²) in [6, 6.07) is 14.9. The Bertz CT molecular complexity index is 856. The number of aryl methyl sites for hydroxylation is 1. The van der Waals surface area contributed by atoms with Crippen molar-refractivity contribution in [2.24, 2.45) is 0 Å². The molecule has 1 aliphatic rings. The van der Waals surface area contributed by atoms with Crippen LogP contribution < -0.4 is 10.1 Å². The number of fused-ring (bicyclic) bond motifs is 3. The third-order valence-corrected chi connectivity index (χ3v) is 4.63. The second-order valence-corrected chi connectivity index (χ2v) is 6.18. The first kappa shape index (κ1) is 15.2. The van der Waals surface area contributed by atoms with Crippen LogP contribution in [-0.4, -0.2) is 17.7 Å². The molecule has 1 N–H and O–H groups in total.